The predicted molar refractivity (Wildman–Crippen MR) is 130 cm³/mol. The topological polar surface area (TPSA) is 48.9 Å². The number of aliphatic imine (C=N–C) groups is 1. The van der Waals surface area contributed by atoms with E-state index in [-0.39, 0.29) is 34.9 Å². The van der Waals surface area contributed by atoms with Crippen LogP contribution in [0.4, 0.5) is 0 Å². The van der Waals surface area contributed by atoms with Gasteiger partial charge in [-0.05, 0) is 51.2 Å². The van der Waals surface area contributed by atoms with Gasteiger partial charge in [0, 0.05) is 49.2 Å². The minimum Gasteiger partial charge on any atom is -0.381 e. The van der Waals surface area contributed by atoms with Gasteiger partial charge in [-0.2, -0.15) is 0 Å². The molecule has 3 rings (SSSR count). The molecule has 2 heterocycles. The minimum atomic E-state index is 0. The molecule has 0 amide bonds. The fraction of sp³-hybridized carbons (Fsp3) is 0.762. The number of hydrogen-bond acceptors (Lipinski definition) is 4. The highest BCUT2D eigenvalue weighted by molar-refractivity contribution is 14.0. The van der Waals surface area contributed by atoms with Crippen LogP contribution in [-0.2, 0) is 10.2 Å². The van der Waals surface area contributed by atoms with E-state index in [1.165, 1.54) is 37.0 Å². The first-order chi connectivity index (χ1) is 13.1. The Bertz CT molecular complexity index is 594. The van der Waals surface area contributed by atoms with Gasteiger partial charge in [-0.25, -0.2) is 0 Å². The maximum Gasteiger partial charge on any atom is 0.191 e. The number of guanidine groups is 1. The maximum atomic E-state index is 5.59. The van der Waals surface area contributed by atoms with Crippen LogP contribution in [0.2, 0.25) is 0 Å². The van der Waals surface area contributed by atoms with Crippen molar-refractivity contribution in [1.29, 1.82) is 0 Å². The van der Waals surface area contributed by atoms with Crippen molar-refractivity contribution in [2.75, 3.05) is 47.4 Å². The highest BCUT2D eigenvalue weighted by Gasteiger charge is 2.36. The van der Waals surface area contributed by atoms with E-state index in [1.54, 1.807) is 0 Å². The van der Waals surface area contributed by atoms with Gasteiger partial charge in [0.05, 0.1) is 0 Å². The number of ether oxygens (including phenoxy) is 1. The van der Waals surface area contributed by atoms with Gasteiger partial charge in [0.2, 0.25) is 0 Å². The number of hydrogen-bond donors (Lipinski definition) is 2. The molecule has 1 aliphatic heterocycles. The molecule has 0 aromatic carbocycles. The molecule has 0 unspecified atom stereocenters. The summed E-state index contributed by atoms with van der Waals surface area (Å²) in [7, 11) is 6.23. The highest BCUT2D eigenvalue weighted by Crippen LogP contribution is 2.41. The van der Waals surface area contributed by atoms with E-state index in [0.717, 1.165) is 45.1 Å². The van der Waals surface area contributed by atoms with Crippen LogP contribution in [0.3, 0.4) is 0 Å². The molecule has 2 aliphatic rings. The fourth-order valence-electron chi connectivity index (χ4n) is 4.57. The fourth-order valence-corrected chi connectivity index (χ4v) is 5.56. The zero-order valence-electron chi connectivity index (χ0n) is 17.6. The Hall–Kier alpha value is -0.380. The average molecular weight is 521 g/mol. The zero-order chi connectivity index (χ0) is 19.2. The zero-order valence-corrected chi connectivity index (χ0v) is 20.8. The van der Waals surface area contributed by atoms with Crippen LogP contribution in [0.15, 0.2) is 22.5 Å². The van der Waals surface area contributed by atoms with Crippen LogP contribution in [0.1, 0.15) is 49.8 Å². The first-order valence-electron chi connectivity index (χ1n) is 10.3. The second-order valence-corrected chi connectivity index (χ2v) is 9.28. The third-order valence-electron chi connectivity index (χ3n) is 6.63. The predicted octanol–water partition coefficient (Wildman–Crippen LogP) is 3.84. The van der Waals surface area contributed by atoms with E-state index in [4.69, 9.17) is 4.74 Å². The lowest BCUT2D eigenvalue weighted by Gasteiger charge is -2.43. The Morgan fingerprint density at radius 2 is 1.79 bits per heavy atom. The molecule has 2 N–H and O–H groups in total. The summed E-state index contributed by atoms with van der Waals surface area (Å²) in [5.74, 6) is 0.921. The van der Waals surface area contributed by atoms with Crippen LogP contribution in [0.5, 0.6) is 0 Å². The van der Waals surface area contributed by atoms with E-state index >= 15 is 0 Å². The van der Waals surface area contributed by atoms with Crippen molar-refractivity contribution in [3.8, 4) is 0 Å². The third-order valence-corrected chi connectivity index (χ3v) is 7.75. The van der Waals surface area contributed by atoms with Gasteiger partial charge in [0.25, 0.3) is 0 Å². The van der Waals surface area contributed by atoms with Crippen LogP contribution in [0.25, 0.3) is 0 Å². The summed E-state index contributed by atoms with van der Waals surface area (Å²) in [6, 6.07) is 4.51. The molecule has 1 saturated heterocycles. The van der Waals surface area contributed by atoms with Crippen molar-refractivity contribution in [2.24, 2.45) is 4.99 Å². The summed E-state index contributed by atoms with van der Waals surface area (Å²) in [5, 5.41) is 9.48. The van der Waals surface area contributed by atoms with Crippen molar-refractivity contribution in [3.05, 3.63) is 22.4 Å². The second kappa shape index (κ2) is 11.1. The Morgan fingerprint density at radius 1 is 1.11 bits per heavy atom. The first kappa shape index (κ1) is 23.9. The molecule has 28 heavy (non-hydrogen) atoms. The summed E-state index contributed by atoms with van der Waals surface area (Å²) >= 11 is 1.91. The first-order valence-corrected chi connectivity index (χ1v) is 11.2. The van der Waals surface area contributed by atoms with Crippen LogP contribution >= 0.6 is 35.3 Å². The number of likely N-dealkylation sites (N-methyl/N-ethyl adjacent to an activating group) is 1. The standard InChI is InChI=1S/C21H36N4OS.HI/c1-22-19(24-17-21(25(2)3)11-13-26-14-12-21)23-16-20(9-5-4-6-10-20)18-8-7-15-27-18;/h7-8,15H,4-6,9-14,16-17H2,1-3H3,(H2,22,23,24);1H. The molecule has 5 nitrogen and oxygen atoms in total. The lowest BCUT2D eigenvalue weighted by atomic mass is 9.73. The van der Waals surface area contributed by atoms with Gasteiger partial charge in [0.1, 0.15) is 0 Å². The number of nitrogens with one attached hydrogen (secondary N) is 2. The molecule has 160 valence electrons. The molecule has 0 radical (unpaired) electrons. The number of halogens is 1. The summed E-state index contributed by atoms with van der Waals surface area (Å²) < 4.78 is 5.59. The molecule has 1 aromatic rings. The molecule has 0 atom stereocenters. The lowest BCUT2D eigenvalue weighted by Crippen LogP contribution is -2.57. The van der Waals surface area contributed by atoms with Crippen molar-refractivity contribution in [3.63, 3.8) is 0 Å². The molecule has 0 spiro atoms. The van der Waals surface area contributed by atoms with Crippen molar-refractivity contribution >= 4 is 41.3 Å². The molecule has 1 aliphatic carbocycles. The summed E-state index contributed by atoms with van der Waals surface area (Å²) in [5.41, 5.74) is 0.411. The normalized spacial score (nSPS) is 21.8. The van der Waals surface area contributed by atoms with Crippen LogP contribution in [0, 0.1) is 0 Å². The number of thiophene rings is 1. The Labute approximate surface area is 191 Å². The Morgan fingerprint density at radius 3 is 2.36 bits per heavy atom. The average Bonchev–Trinajstić information content (AvgIpc) is 3.25. The van der Waals surface area contributed by atoms with Crippen LogP contribution in [-0.4, -0.2) is 63.8 Å². The highest BCUT2D eigenvalue weighted by atomic mass is 127. The van der Waals surface area contributed by atoms with Crippen molar-refractivity contribution in [1.82, 2.24) is 15.5 Å². The molecule has 1 saturated carbocycles. The monoisotopic (exact) mass is 520 g/mol. The minimum absolute atomic E-state index is 0. The van der Waals surface area contributed by atoms with Crippen molar-refractivity contribution in [2.45, 2.75) is 55.9 Å². The SMILES string of the molecule is CN=C(NCC1(c2cccs2)CCCCC1)NCC1(N(C)C)CCOCC1.I. The van der Waals surface area contributed by atoms with E-state index in [1.807, 2.05) is 18.4 Å². The summed E-state index contributed by atoms with van der Waals surface area (Å²) in [6.07, 6.45) is 8.69. The molecule has 1 aromatic heterocycles. The third kappa shape index (κ3) is 5.61. The van der Waals surface area contributed by atoms with Crippen molar-refractivity contribution < 1.29 is 4.74 Å². The van der Waals surface area contributed by atoms with Gasteiger partial charge in [0.15, 0.2) is 5.96 Å². The van der Waals surface area contributed by atoms with Gasteiger partial charge in [-0.1, -0.05) is 25.3 Å². The van der Waals surface area contributed by atoms with E-state index in [9.17, 15) is 0 Å². The van der Waals surface area contributed by atoms with Gasteiger partial charge in [-0.15, -0.1) is 35.3 Å². The lowest BCUT2D eigenvalue weighted by molar-refractivity contribution is -0.00502. The molecular weight excluding hydrogens is 483 g/mol. The number of nitrogens with zero attached hydrogens (tertiary/aromatic N) is 2. The second-order valence-electron chi connectivity index (χ2n) is 8.33. The quantitative estimate of drug-likeness (QED) is 0.340. The largest absolute Gasteiger partial charge is 0.381 e. The summed E-state index contributed by atoms with van der Waals surface area (Å²) in [4.78, 5) is 8.39. The van der Waals surface area contributed by atoms with E-state index in [0.29, 0.717) is 0 Å². The molecule has 0 bridgehead atoms. The molecule has 2 fully saturated rings. The van der Waals surface area contributed by atoms with E-state index in [2.05, 4.69) is 52.1 Å². The summed E-state index contributed by atoms with van der Waals surface area (Å²) in [6.45, 7) is 3.54. The smallest absolute Gasteiger partial charge is 0.191 e. The van der Waals surface area contributed by atoms with Crippen LogP contribution < -0.4 is 10.6 Å². The van der Waals surface area contributed by atoms with Gasteiger partial charge in [-0.3, -0.25) is 4.99 Å². The van der Waals surface area contributed by atoms with Gasteiger partial charge < -0.3 is 20.3 Å². The number of rotatable bonds is 6. The Balaban J connectivity index is 0.00000280. The molecule has 7 heteroatoms. The van der Waals surface area contributed by atoms with Gasteiger partial charge >= 0.3 is 0 Å². The Kier molecular flexibility index (Phi) is 9.50. The van der Waals surface area contributed by atoms with E-state index < -0.39 is 0 Å². The maximum absolute atomic E-state index is 5.59. The molecular formula is C21H37IN4OS.